The second-order valence-corrected chi connectivity index (χ2v) is 5.43. The second kappa shape index (κ2) is 7.51. The minimum absolute atomic E-state index is 0.189. The highest BCUT2D eigenvalue weighted by Gasteiger charge is 2.05. The number of nitrogens with zero attached hydrogens (tertiary/aromatic N) is 1. The summed E-state index contributed by atoms with van der Waals surface area (Å²) in [5.74, 6) is -0.536. The SMILES string of the molecule is CC(=O)Nc1cccc(C(=O)N/N=C\c2ccc(Br)cc2)c1. The Labute approximate surface area is 136 Å². The molecule has 2 amide bonds. The maximum Gasteiger partial charge on any atom is 0.271 e. The lowest BCUT2D eigenvalue weighted by atomic mass is 10.2. The number of carbonyl (C=O) groups is 2. The Hall–Kier alpha value is -2.47. The minimum Gasteiger partial charge on any atom is -0.326 e. The Bertz CT molecular complexity index is 712. The van der Waals surface area contributed by atoms with Gasteiger partial charge in [0.15, 0.2) is 0 Å². The van der Waals surface area contributed by atoms with Crippen LogP contribution in [-0.2, 0) is 4.79 Å². The molecule has 0 fully saturated rings. The molecule has 0 radical (unpaired) electrons. The number of halogens is 1. The summed E-state index contributed by atoms with van der Waals surface area (Å²) < 4.78 is 0.975. The molecule has 0 atom stereocenters. The van der Waals surface area contributed by atoms with Crippen LogP contribution < -0.4 is 10.7 Å². The molecule has 0 heterocycles. The summed E-state index contributed by atoms with van der Waals surface area (Å²) in [6.45, 7) is 1.41. The number of rotatable bonds is 4. The van der Waals surface area contributed by atoms with Crippen LogP contribution in [0, 0.1) is 0 Å². The Kier molecular flexibility index (Phi) is 5.43. The molecule has 5 nitrogen and oxygen atoms in total. The van der Waals surface area contributed by atoms with Crippen LogP contribution in [0.25, 0.3) is 0 Å². The number of benzene rings is 2. The van der Waals surface area contributed by atoms with Gasteiger partial charge in [-0.3, -0.25) is 9.59 Å². The van der Waals surface area contributed by atoms with Crippen LogP contribution in [0.4, 0.5) is 5.69 Å². The average molecular weight is 360 g/mol. The van der Waals surface area contributed by atoms with Crippen molar-refractivity contribution in [3.63, 3.8) is 0 Å². The summed E-state index contributed by atoms with van der Waals surface area (Å²) in [7, 11) is 0. The lowest BCUT2D eigenvalue weighted by Crippen LogP contribution is -2.18. The first-order valence-corrected chi connectivity index (χ1v) is 7.30. The monoisotopic (exact) mass is 359 g/mol. The normalized spacial score (nSPS) is 10.5. The van der Waals surface area contributed by atoms with E-state index in [4.69, 9.17) is 0 Å². The van der Waals surface area contributed by atoms with Gasteiger partial charge >= 0.3 is 0 Å². The summed E-state index contributed by atoms with van der Waals surface area (Å²) in [6, 6.07) is 14.2. The molecule has 0 unspecified atom stereocenters. The van der Waals surface area contributed by atoms with E-state index < -0.39 is 0 Å². The largest absolute Gasteiger partial charge is 0.326 e. The third kappa shape index (κ3) is 4.82. The number of nitrogens with one attached hydrogen (secondary N) is 2. The highest BCUT2D eigenvalue weighted by Crippen LogP contribution is 2.11. The zero-order valence-electron chi connectivity index (χ0n) is 11.8. The predicted octanol–water partition coefficient (Wildman–Crippen LogP) is 3.17. The van der Waals surface area contributed by atoms with E-state index >= 15 is 0 Å². The summed E-state index contributed by atoms with van der Waals surface area (Å²) in [5.41, 5.74) is 4.30. The molecule has 0 saturated heterocycles. The smallest absolute Gasteiger partial charge is 0.271 e. The molecule has 2 aromatic carbocycles. The third-order valence-electron chi connectivity index (χ3n) is 2.69. The number of anilines is 1. The first kappa shape index (κ1) is 15.9. The molecular formula is C16H14BrN3O2. The van der Waals surface area contributed by atoms with Crippen LogP contribution in [0.2, 0.25) is 0 Å². The average Bonchev–Trinajstić information content (AvgIpc) is 2.49. The van der Waals surface area contributed by atoms with Crippen LogP contribution in [0.1, 0.15) is 22.8 Å². The van der Waals surface area contributed by atoms with Gasteiger partial charge in [0.05, 0.1) is 6.21 Å². The van der Waals surface area contributed by atoms with Gasteiger partial charge in [-0.1, -0.05) is 34.1 Å². The van der Waals surface area contributed by atoms with Crippen LogP contribution in [0.5, 0.6) is 0 Å². The molecule has 0 saturated carbocycles. The number of hydrogen-bond acceptors (Lipinski definition) is 3. The van der Waals surface area contributed by atoms with E-state index in [1.165, 1.54) is 6.92 Å². The lowest BCUT2D eigenvalue weighted by Gasteiger charge is -2.04. The molecule has 0 spiro atoms. The molecule has 22 heavy (non-hydrogen) atoms. The molecule has 2 N–H and O–H groups in total. The van der Waals surface area contributed by atoms with Gasteiger partial charge in [-0.05, 0) is 35.9 Å². The quantitative estimate of drug-likeness (QED) is 0.650. The molecule has 0 bridgehead atoms. The van der Waals surface area contributed by atoms with Crippen LogP contribution in [0.15, 0.2) is 58.1 Å². The van der Waals surface area contributed by atoms with Gasteiger partial charge in [-0.25, -0.2) is 5.43 Å². The minimum atomic E-state index is -0.347. The summed E-state index contributed by atoms with van der Waals surface area (Å²) in [4.78, 5) is 23.0. The first-order chi connectivity index (χ1) is 10.5. The van der Waals surface area contributed by atoms with Crippen molar-refractivity contribution < 1.29 is 9.59 Å². The van der Waals surface area contributed by atoms with Crippen molar-refractivity contribution in [2.75, 3.05) is 5.32 Å². The fourth-order valence-corrected chi connectivity index (χ4v) is 1.98. The lowest BCUT2D eigenvalue weighted by molar-refractivity contribution is -0.114. The number of carbonyl (C=O) groups excluding carboxylic acids is 2. The van der Waals surface area contributed by atoms with Gasteiger partial charge in [-0.2, -0.15) is 5.10 Å². The van der Waals surface area contributed by atoms with E-state index in [-0.39, 0.29) is 11.8 Å². The van der Waals surface area contributed by atoms with Gasteiger partial charge in [0, 0.05) is 22.6 Å². The topological polar surface area (TPSA) is 70.6 Å². The second-order valence-electron chi connectivity index (χ2n) is 4.51. The molecular weight excluding hydrogens is 346 g/mol. The van der Waals surface area contributed by atoms with Crippen molar-refractivity contribution in [2.24, 2.45) is 5.10 Å². The van der Waals surface area contributed by atoms with Gasteiger partial charge in [0.25, 0.3) is 5.91 Å². The van der Waals surface area contributed by atoms with Gasteiger partial charge in [-0.15, -0.1) is 0 Å². The van der Waals surface area contributed by atoms with Crippen molar-refractivity contribution in [1.82, 2.24) is 5.43 Å². The number of amides is 2. The van der Waals surface area contributed by atoms with E-state index in [9.17, 15) is 9.59 Å². The number of hydrogen-bond donors (Lipinski definition) is 2. The van der Waals surface area contributed by atoms with Gasteiger partial charge < -0.3 is 5.32 Å². The van der Waals surface area contributed by atoms with Gasteiger partial charge in [0.2, 0.25) is 5.91 Å². The first-order valence-electron chi connectivity index (χ1n) is 6.51. The van der Waals surface area contributed by atoms with Crippen LogP contribution in [0.3, 0.4) is 0 Å². The molecule has 0 aromatic heterocycles. The molecule has 0 aliphatic rings. The van der Waals surface area contributed by atoms with Gasteiger partial charge in [0.1, 0.15) is 0 Å². The molecule has 6 heteroatoms. The summed E-state index contributed by atoms with van der Waals surface area (Å²) in [6.07, 6.45) is 1.56. The molecule has 2 aromatic rings. The standard InChI is InChI=1S/C16H14BrN3O2/c1-11(21)19-15-4-2-3-13(9-15)16(22)20-18-10-12-5-7-14(17)8-6-12/h2-10H,1H3,(H,19,21)(H,20,22)/b18-10-. The molecule has 0 aliphatic heterocycles. The Morgan fingerprint density at radius 2 is 1.86 bits per heavy atom. The number of hydrazone groups is 1. The van der Waals surface area contributed by atoms with E-state index in [0.717, 1.165) is 10.0 Å². The molecule has 112 valence electrons. The summed E-state index contributed by atoms with van der Waals surface area (Å²) in [5, 5.41) is 6.54. The van der Waals surface area contributed by atoms with E-state index in [1.807, 2.05) is 24.3 Å². The molecule has 0 aliphatic carbocycles. The summed E-state index contributed by atoms with van der Waals surface area (Å²) >= 11 is 3.35. The fourth-order valence-electron chi connectivity index (χ4n) is 1.72. The van der Waals surface area contributed by atoms with E-state index in [2.05, 4.69) is 31.8 Å². The Balaban J connectivity index is 2.00. The fraction of sp³-hybridized carbons (Fsp3) is 0.0625. The van der Waals surface area contributed by atoms with Crippen LogP contribution in [-0.4, -0.2) is 18.0 Å². The van der Waals surface area contributed by atoms with Crippen molar-refractivity contribution >= 4 is 39.6 Å². The van der Waals surface area contributed by atoms with Crippen LogP contribution >= 0.6 is 15.9 Å². The molecule has 2 rings (SSSR count). The van der Waals surface area contributed by atoms with Crippen molar-refractivity contribution in [2.45, 2.75) is 6.92 Å². The van der Waals surface area contributed by atoms with Crippen molar-refractivity contribution in [1.29, 1.82) is 0 Å². The Morgan fingerprint density at radius 1 is 1.14 bits per heavy atom. The van der Waals surface area contributed by atoms with E-state index in [1.54, 1.807) is 30.5 Å². The van der Waals surface area contributed by atoms with Crippen molar-refractivity contribution in [3.05, 3.63) is 64.1 Å². The Morgan fingerprint density at radius 3 is 2.55 bits per heavy atom. The third-order valence-corrected chi connectivity index (χ3v) is 3.22. The zero-order valence-corrected chi connectivity index (χ0v) is 13.4. The van der Waals surface area contributed by atoms with E-state index in [0.29, 0.717) is 11.3 Å². The van der Waals surface area contributed by atoms with Crippen molar-refractivity contribution in [3.8, 4) is 0 Å². The maximum absolute atomic E-state index is 12.0. The maximum atomic E-state index is 12.0. The highest BCUT2D eigenvalue weighted by atomic mass is 79.9. The zero-order chi connectivity index (χ0) is 15.9. The predicted molar refractivity (Wildman–Crippen MR) is 89.9 cm³/mol. The highest BCUT2D eigenvalue weighted by molar-refractivity contribution is 9.10.